The third-order valence-corrected chi connectivity index (χ3v) is 1.92. The molecule has 0 heterocycles. The van der Waals surface area contributed by atoms with E-state index in [0.717, 1.165) is 6.07 Å². The van der Waals surface area contributed by atoms with Crippen LogP contribution in [0.3, 0.4) is 0 Å². The van der Waals surface area contributed by atoms with E-state index in [-0.39, 0.29) is 12.0 Å². The fraction of sp³-hybridized carbons (Fsp3) is 0.333. The van der Waals surface area contributed by atoms with Crippen molar-refractivity contribution < 1.29 is 17.6 Å². The molecule has 0 aliphatic carbocycles. The molecule has 1 aromatic rings. The maximum absolute atomic E-state index is 13.1. The van der Waals surface area contributed by atoms with E-state index in [4.69, 9.17) is 5.73 Å². The second kappa shape index (κ2) is 3.48. The van der Waals surface area contributed by atoms with Crippen LogP contribution in [0.15, 0.2) is 12.1 Å². The highest BCUT2D eigenvalue weighted by Crippen LogP contribution is 2.36. The van der Waals surface area contributed by atoms with E-state index in [1.54, 1.807) is 0 Å². The molecule has 0 bridgehead atoms. The van der Waals surface area contributed by atoms with Crippen molar-refractivity contribution in [2.45, 2.75) is 19.5 Å². The summed E-state index contributed by atoms with van der Waals surface area (Å²) in [5, 5.41) is 0. The van der Waals surface area contributed by atoms with Crippen LogP contribution in [-0.4, -0.2) is 0 Å². The molecule has 0 fully saturated rings. The molecule has 5 heteroatoms. The van der Waals surface area contributed by atoms with Gasteiger partial charge in [-0.15, -0.1) is 0 Å². The van der Waals surface area contributed by atoms with Crippen LogP contribution >= 0.6 is 0 Å². The number of aryl methyl sites for hydroxylation is 1. The standard InChI is InChI=1S/C9H9F4N/c1-2-5-3-4-6(14)8(10)7(5)9(11,12)13/h3-4H,2,14H2,1H3. The van der Waals surface area contributed by atoms with Crippen LogP contribution in [0.4, 0.5) is 23.2 Å². The molecule has 0 saturated heterocycles. The first kappa shape index (κ1) is 10.8. The van der Waals surface area contributed by atoms with Gasteiger partial charge in [-0.1, -0.05) is 13.0 Å². The zero-order chi connectivity index (χ0) is 10.9. The molecule has 78 valence electrons. The summed E-state index contributed by atoms with van der Waals surface area (Å²) in [6, 6.07) is 2.34. The van der Waals surface area contributed by atoms with E-state index in [0.29, 0.717) is 0 Å². The van der Waals surface area contributed by atoms with E-state index < -0.39 is 23.2 Å². The van der Waals surface area contributed by atoms with Crippen molar-refractivity contribution in [3.8, 4) is 0 Å². The van der Waals surface area contributed by atoms with E-state index in [9.17, 15) is 17.6 Å². The quantitative estimate of drug-likeness (QED) is 0.556. The van der Waals surface area contributed by atoms with Crippen molar-refractivity contribution >= 4 is 5.69 Å². The number of nitrogens with two attached hydrogens (primary N) is 1. The Bertz CT molecular complexity index is 343. The number of halogens is 4. The van der Waals surface area contributed by atoms with E-state index >= 15 is 0 Å². The van der Waals surface area contributed by atoms with Crippen LogP contribution in [0.2, 0.25) is 0 Å². The van der Waals surface area contributed by atoms with Crippen LogP contribution in [0.1, 0.15) is 18.1 Å². The Morgan fingerprint density at radius 3 is 2.29 bits per heavy atom. The van der Waals surface area contributed by atoms with Gasteiger partial charge in [-0.3, -0.25) is 0 Å². The van der Waals surface area contributed by atoms with Crippen LogP contribution in [0.5, 0.6) is 0 Å². The Labute approximate surface area is 78.5 Å². The summed E-state index contributed by atoms with van der Waals surface area (Å²) in [5.74, 6) is -1.38. The van der Waals surface area contributed by atoms with E-state index in [1.807, 2.05) is 0 Å². The highest BCUT2D eigenvalue weighted by Gasteiger charge is 2.37. The molecule has 0 aromatic heterocycles. The van der Waals surface area contributed by atoms with Gasteiger partial charge in [0.1, 0.15) is 0 Å². The molecular weight excluding hydrogens is 198 g/mol. The van der Waals surface area contributed by atoms with Crippen LogP contribution < -0.4 is 5.73 Å². The molecule has 0 aliphatic rings. The van der Waals surface area contributed by atoms with Crippen molar-refractivity contribution in [1.29, 1.82) is 0 Å². The molecule has 0 amide bonds. The van der Waals surface area contributed by atoms with Crippen molar-refractivity contribution in [1.82, 2.24) is 0 Å². The van der Waals surface area contributed by atoms with Crippen LogP contribution in [-0.2, 0) is 12.6 Å². The average Bonchev–Trinajstić information content (AvgIpc) is 2.07. The lowest BCUT2D eigenvalue weighted by Gasteiger charge is -2.13. The fourth-order valence-electron chi connectivity index (χ4n) is 1.23. The zero-order valence-corrected chi connectivity index (χ0v) is 7.45. The monoisotopic (exact) mass is 207 g/mol. The largest absolute Gasteiger partial charge is 0.419 e. The van der Waals surface area contributed by atoms with E-state index in [1.165, 1.54) is 13.0 Å². The minimum atomic E-state index is -4.69. The Kier molecular flexibility index (Phi) is 2.69. The molecular formula is C9H9F4N. The molecule has 0 unspecified atom stereocenters. The zero-order valence-electron chi connectivity index (χ0n) is 7.45. The average molecular weight is 207 g/mol. The molecule has 0 saturated carbocycles. The maximum atomic E-state index is 13.1. The fourth-order valence-corrected chi connectivity index (χ4v) is 1.23. The summed E-state index contributed by atoms with van der Waals surface area (Å²) in [5.41, 5.74) is 3.26. The Morgan fingerprint density at radius 2 is 1.86 bits per heavy atom. The predicted molar refractivity (Wildman–Crippen MR) is 45.2 cm³/mol. The summed E-state index contributed by atoms with van der Waals surface area (Å²) in [7, 11) is 0. The summed E-state index contributed by atoms with van der Waals surface area (Å²) < 4.78 is 50.2. The number of benzene rings is 1. The third-order valence-electron chi connectivity index (χ3n) is 1.92. The summed E-state index contributed by atoms with van der Waals surface area (Å²) >= 11 is 0. The Balaban J connectivity index is 3.44. The Hall–Kier alpha value is -1.26. The number of anilines is 1. The molecule has 0 spiro atoms. The molecule has 0 atom stereocenters. The summed E-state index contributed by atoms with van der Waals surface area (Å²) in [4.78, 5) is 0. The first-order valence-corrected chi connectivity index (χ1v) is 4.02. The highest BCUT2D eigenvalue weighted by molar-refractivity contribution is 5.47. The van der Waals surface area contributed by atoms with Gasteiger partial charge in [0, 0.05) is 0 Å². The maximum Gasteiger partial charge on any atom is 0.419 e. The van der Waals surface area contributed by atoms with Gasteiger partial charge in [-0.05, 0) is 18.1 Å². The van der Waals surface area contributed by atoms with Crippen molar-refractivity contribution in [2.24, 2.45) is 0 Å². The topological polar surface area (TPSA) is 26.0 Å². The smallest absolute Gasteiger partial charge is 0.396 e. The van der Waals surface area contributed by atoms with Crippen molar-refractivity contribution in [2.75, 3.05) is 5.73 Å². The minimum absolute atomic E-state index is 0.0794. The van der Waals surface area contributed by atoms with Crippen LogP contribution in [0.25, 0.3) is 0 Å². The van der Waals surface area contributed by atoms with Gasteiger partial charge >= 0.3 is 6.18 Å². The van der Waals surface area contributed by atoms with Crippen LogP contribution in [0, 0.1) is 5.82 Å². The molecule has 1 rings (SSSR count). The van der Waals surface area contributed by atoms with Crippen molar-refractivity contribution in [3.63, 3.8) is 0 Å². The number of nitrogen functional groups attached to an aromatic ring is 1. The molecule has 0 aliphatic heterocycles. The normalized spacial score (nSPS) is 11.8. The second-order valence-corrected chi connectivity index (χ2v) is 2.85. The van der Waals surface area contributed by atoms with Gasteiger partial charge in [-0.25, -0.2) is 4.39 Å². The minimum Gasteiger partial charge on any atom is -0.396 e. The molecule has 0 radical (unpaired) electrons. The molecule has 1 nitrogen and oxygen atoms in total. The lowest BCUT2D eigenvalue weighted by atomic mass is 10.0. The summed E-state index contributed by atoms with van der Waals surface area (Å²) in [6.45, 7) is 1.53. The third kappa shape index (κ3) is 1.81. The molecule has 14 heavy (non-hydrogen) atoms. The number of hydrogen-bond donors (Lipinski definition) is 1. The second-order valence-electron chi connectivity index (χ2n) is 2.85. The SMILES string of the molecule is CCc1ccc(N)c(F)c1C(F)(F)F. The van der Waals surface area contributed by atoms with Gasteiger partial charge in [0.2, 0.25) is 0 Å². The number of hydrogen-bond acceptors (Lipinski definition) is 1. The lowest BCUT2D eigenvalue weighted by Crippen LogP contribution is -2.13. The highest BCUT2D eigenvalue weighted by atomic mass is 19.4. The van der Waals surface area contributed by atoms with Crippen molar-refractivity contribution in [3.05, 3.63) is 29.1 Å². The number of rotatable bonds is 1. The van der Waals surface area contributed by atoms with Gasteiger partial charge in [-0.2, -0.15) is 13.2 Å². The number of alkyl halides is 3. The van der Waals surface area contributed by atoms with Gasteiger partial charge in [0.05, 0.1) is 11.3 Å². The molecule has 2 N–H and O–H groups in total. The predicted octanol–water partition coefficient (Wildman–Crippen LogP) is 2.99. The van der Waals surface area contributed by atoms with E-state index in [2.05, 4.69) is 0 Å². The first-order chi connectivity index (χ1) is 6.38. The first-order valence-electron chi connectivity index (χ1n) is 4.02. The Morgan fingerprint density at radius 1 is 1.29 bits per heavy atom. The van der Waals surface area contributed by atoms with Gasteiger partial charge in [0.15, 0.2) is 5.82 Å². The van der Waals surface area contributed by atoms with Gasteiger partial charge < -0.3 is 5.73 Å². The molecule has 1 aromatic carbocycles. The summed E-state index contributed by atoms with van der Waals surface area (Å²) in [6.07, 6.45) is -4.57. The van der Waals surface area contributed by atoms with Gasteiger partial charge in [0.25, 0.3) is 0 Å². The lowest BCUT2D eigenvalue weighted by molar-refractivity contribution is -0.140.